The second-order valence-electron chi connectivity index (χ2n) is 6.58. The molecule has 7 nitrogen and oxygen atoms in total. The summed E-state index contributed by atoms with van der Waals surface area (Å²) in [7, 11) is -2.24. The lowest BCUT2D eigenvalue weighted by Crippen LogP contribution is -2.23. The topological polar surface area (TPSA) is 93.7 Å². The summed E-state index contributed by atoms with van der Waals surface area (Å²) in [6, 6.07) is 19.8. The minimum Gasteiger partial charge on any atom is -0.497 e. The zero-order chi connectivity index (χ0) is 22.3. The van der Waals surface area contributed by atoms with Crippen LogP contribution in [-0.2, 0) is 16.6 Å². The second kappa shape index (κ2) is 9.99. The Morgan fingerprint density at radius 3 is 2.26 bits per heavy atom. The van der Waals surface area contributed by atoms with Crippen LogP contribution in [0.4, 0.5) is 5.69 Å². The van der Waals surface area contributed by atoms with Gasteiger partial charge in [-0.15, -0.1) is 0 Å². The highest BCUT2D eigenvalue weighted by Crippen LogP contribution is 2.20. The number of carbonyl (C=O) groups is 1. The maximum atomic E-state index is 12.5. The number of sulfonamides is 1. The highest BCUT2D eigenvalue weighted by atomic mass is 32.2. The quantitative estimate of drug-likeness (QED) is 0.528. The van der Waals surface area contributed by atoms with E-state index in [-0.39, 0.29) is 10.8 Å². The SMILES string of the molecule is CCOc1ccccc1CNC(=O)c1ccc(NS(=O)(=O)c2ccc(OC)cc2)cc1. The van der Waals surface area contributed by atoms with Crippen LogP contribution in [0.25, 0.3) is 0 Å². The standard InChI is InChI=1S/C23H24N2O5S/c1-3-30-22-7-5-4-6-18(22)16-24-23(26)17-8-10-19(11-9-17)25-31(27,28)21-14-12-20(29-2)13-15-21/h4-15,25H,3,16H2,1-2H3,(H,24,26). The van der Waals surface area contributed by atoms with Crippen LogP contribution in [0.5, 0.6) is 11.5 Å². The number of methoxy groups -OCH3 is 1. The maximum absolute atomic E-state index is 12.5. The highest BCUT2D eigenvalue weighted by Gasteiger charge is 2.15. The van der Waals surface area contributed by atoms with Crippen LogP contribution in [0.3, 0.4) is 0 Å². The van der Waals surface area contributed by atoms with E-state index in [4.69, 9.17) is 9.47 Å². The first-order chi connectivity index (χ1) is 14.9. The normalized spacial score (nSPS) is 10.9. The summed E-state index contributed by atoms with van der Waals surface area (Å²) >= 11 is 0. The van der Waals surface area contributed by atoms with E-state index in [0.717, 1.165) is 11.3 Å². The molecule has 162 valence electrons. The van der Waals surface area contributed by atoms with Gasteiger partial charge in [-0.3, -0.25) is 9.52 Å². The van der Waals surface area contributed by atoms with Crippen molar-refractivity contribution in [2.45, 2.75) is 18.4 Å². The number of rotatable bonds is 9. The van der Waals surface area contributed by atoms with E-state index in [0.29, 0.717) is 30.2 Å². The third-order valence-corrected chi connectivity index (χ3v) is 5.88. The van der Waals surface area contributed by atoms with Gasteiger partial charge in [-0.2, -0.15) is 0 Å². The number of para-hydroxylation sites is 1. The zero-order valence-electron chi connectivity index (χ0n) is 17.3. The van der Waals surface area contributed by atoms with Gasteiger partial charge in [-0.25, -0.2) is 8.42 Å². The van der Waals surface area contributed by atoms with Gasteiger partial charge < -0.3 is 14.8 Å². The minimum absolute atomic E-state index is 0.114. The average Bonchev–Trinajstić information content (AvgIpc) is 2.79. The molecule has 0 unspecified atom stereocenters. The summed E-state index contributed by atoms with van der Waals surface area (Å²) in [4.78, 5) is 12.6. The van der Waals surface area contributed by atoms with Crippen LogP contribution in [0.15, 0.2) is 77.7 Å². The smallest absolute Gasteiger partial charge is 0.261 e. The van der Waals surface area contributed by atoms with E-state index in [1.807, 2.05) is 31.2 Å². The molecule has 0 fully saturated rings. The average molecular weight is 441 g/mol. The van der Waals surface area contributed by atoms with E-state index in [1.165, 1.54) is 19.2 Å². The predicted octanol–water partition coefficient (Wildman–Crippen LogP) is 3.82. The molecule has 0 spiro atoms. The van der Waals surface area contributed by atoms with Crippen molar-refractivity contribution >= 4 is 21.6 Å². The van der Waals surface area contributed by atoms with Gasteiger partial charge in [0, 0.05) is 23.4 Å². The molecule has 0 aliphatic heterocycles. The molecule has 0 saturated heterocycles. The van der Waals surface area contributed by atoms with Crippen molar-refractivity contribution in [1.82, 2.24) is 5.32 Å². The molecule has 0 heterocycles. The number of ether oxygens (including phenoxy) is 2. The van der Waals surface area contributed by atoms with Gasteiger partial charge in [0.05, 0.1) is 18.6 Å². The largest absolute Gasteiger partial charge is 0.497 e. The molecule has 31 heavy (non-hydrogen) atoms. The molecule has 0 atom stereocenters. The van der Waals surface area contributed by atoms with Crippen molar-refractivity contribution < 1.29 is 22.7 Å². The summed E-state index contributed by atoms with van der Waals surface area (Å²) < 4.78 is 38.1. The Bertz CT molecular complexity index is 1130. The first-order valence-corrected chi connectivity index (χ1v) is 11.2. The number of hydrogen-bond acceptors (Lipinski definition) is 5. The lowest BCUT2D eigenvalue weighted by atomic mass is 10.1. The van der Waals surface area contributed by atoms with Gasteiger partial charge in [-0.1, -0.05) is 18.2 Å². The lowest BCUT2D eigenvalue weighted by molar-refractivity contribution is 0.0950. The van der Waals surface area contributed by atoms with Crippen molar-refractivity contribution in [2.24, 2.45) is 0 Å². The first kappa shape index (κ1) is 22.2. The summed E-state index contributed by atoms with van der Waals surface area (Å²) in [6.07, 6.45) is 0. The van der Waals surface area contributed by atoms with Gasteiger partial charge in [0.1, 0.15) is 11.5 Å². The van der Waals surface area contributed by atoms with Crippen LogP contribution in [0.1, 0.15) is 22.8 Å². The van der Waals surface area contributed by atoms with E-state index < -0.39 is 10.0 Å². The summed E-state index contributed by atoms with van der Waals surface area (Å²) in [5.74, 6) is 1.03. The Hall–Kier alpha value is -3.52. The highest BCUT2D eigenvalue weighted by molar-refractivity contribution is 7.92. The molecule has 0 saturated carbocycles. The summed E-state index contributed by atoms with van der Waals surface area (Å²) in [5, 5.41) is 2.85. The van der Waals surface area contributed by atoms with Gasteiger partial charge in [0.15, 0.2) is 0 Å². The van der Waals surface area contributed by atoms with Crippen LogP contribution in [0.2, 0.25) is 0 Å². The second-order valence-corrected chi connectivity index (χ2v) is 8.26. The number of benzene rings is 3. The van der Waals surface area contributed by atoms with Gasteiger partial charge in [0.2, 0.25) is 0 Å². The molecular formula is C23H24N2O5S. The molecule has 0 radical (unpaired) electrons. The molecule has 0 bridgehead atoms. The van der Waals surface area contributed by atoms with E-state index >= 15 is 0 Å². The number of nitrogens with one attached hydrogen (secondary N) is 2. The Labute approximate surface area is 182 Å². The van der Waals surface area contributed by atoms with E-state index in [2.05, 4.69) is 10.0 Å². The Balaban J connectivity index is 1.63. The molecule has 2 N–H and O–H groups in total. The predicted molar refractivity (Wildman–Crippen MR) is 119 cm³/mol. The van der Waals surface area contributed by atoms with E-state index in [1.54, 1.807) is 36.4 Å². The van der Waals surface area contributed by atoms with Gasteiger partial charge in [0.25, 0.3) is 15.9 Å². The van der Waals surface area contributed by atoms with Crippen molar-refractivity contribution in [3.05, 3.63) is 83.9 Å². The van der Waals surface area contributed by atoms with Crippen LogP contribution in [-0.4, -0.2) is 28.0 Å². The summed E-state index contributed by atoms with van der Waals surface area (Å²) in [5.41, 5.74) is 1.65. The van der Waals surface area contributed by atoms with Crippen LogP contribution < -0.4 is 19.5 Å². The minimum atomic E-state index is -3.75. The lowest BCUT2D eigenvalue weighted by Gasteiger charge is -2.12. The first-order valence-electron chi connectivity index (χ1n) is 9.69. The number of carbonyl (C=O) groups excluding carboxylic acids is 1. The fourth-order valence-corrected chi connectivity index (χ4v) is 3.94. The molecule has 1 amide bonds. The zero-order valence-corrected chi connectivity index (χ0v) is 18.1. The molecular weight excluding hydrogens is 416 g/mol. The van der Waals surface area contributed by atoms with Crippen molar-refractivity contribution in [3.8, 4) is 11.5 Å². The van der Waals surface area contributed by atoms with E-state index in [9.17, 15) is 13.2 Å². The molecule has 0 aromatic heterocycles. The molecule has 3 aromatic carbocycles. The van der Waals surface area contributed by atoms with Crippen LogP contribution in [0, 0.1) is 0 Å². The monoisotopic (exact) mass is 440 g/mol. The number of amides is 1. The fourth-order valence-electron chi connectivity index (χ4n) is 2.88. The molecule has 0 aliphatic rings. The van der Waals surface area contributed by atoms with Crippen molar-refractivity contribution in [2.75, 3.05) is 18.4 Å². The van der Waals surface area contributed by atoms with Crippen LogP contribution >= 0.6 is 0 Å². The molecule has 0 aliphatic carbocycles. The van der Waals surface area contributed by atoms with Crippen molar-refractivity contribution in [1.29, 1.82) is 0 Å². The number of anilines is 1. The molecule has 8 heteroatoms. The fraction of sp³-hybridized carbons (Fsp3) is 0.174. The Morgan fingerprint density at radius 2 is 1.61 bits per heavy atom. The third-order valence-electron chi connectivity index (χ3n) is 4.48. The molecule has 3 rings (SSSR count). The maximum Gasteiger partial charge on any atom is 0.261 e. The third kappa shape index (κ3) is 5.76. The number of hydrogen-bond donors (Lipinski definition) is 2. The van der Waals surface area contributed by atoms with Gasteiger partial charge >= 0.3 is 0 Å². The summed E-state index contributed by atoms with van der Waals surface area (Å²) in [6.45, 7) is 2.76. The van der Waals surface area contributed by atoms with Gasteiger partial charge in [-0.05, 0) is 61.5 Å². The van der Waals surface area contributed by atoms with Crippen molar-refractivity contribution in [3.63, 3.8) is 0 Å². The molecule has 3 aromatic rings. The Morgan fingerprint density at radius 1 is 0.935 bits per heavy atom. The Kier molecular flexibility index (Phi) is 7.15.